The van der Waals surface area contributed by atoms with Crippen LogP contribution in [0.3, 0.4) is 0 Å². The third-order valence-electron chi connectivity index (χ3n) is 5.11. The highest BCUT2D eigenvalue weighted by Gasteiger charge is 2.46. The SMILES string of the molecule is O=C(C[C@@H]1C(=O)N(c2ccccc2)C(=O)N1Cc1ccc(F)cc1)Nc1ccc(F)cc1. The fourth-order valence-corrected chi connectivity index (χ4v) is 3.54. The molecule has 4 amide bonds. The Bertz CT molecular complexity index is 1140. The fraction of sp³-hybridized carbons (Fsp3) is 0.125. The van der Waals surface area contributed by atoms with Gasteiger partial charge < -0.3 is 10.2 Å². The van der Waals surface area contributed by atoms with E-state index >= 15 is 0 Å². The van der Waals surface area contributed by atoms with Gasteiger partial charge in [-0.1, -0.05) is 30.3 Å². The van der Waals surface area contributed by atoms with Crippen LogP contribution >= 0.6 is 0 Å². The van der Waals surface area contributed by atoms with Crippen molar-refractivity contribution in [3.8, 4) is 0 Å². The number of nitrogens with zero attached hydrogens (tertiary/aromatic N) is 2. The quantitative estimate of drug-likeness (QED) is 0.586. The normalized spacial score (nSPS) is 15.9. The summed E-state index contributed by atoms with van der Waals surface area (Å²) < 4.78 is 26.4. The summed E-state index contributed by atoms with van der Waals surface area (Å²) in [5, 5.41) is 2.61. The molecule has 1 saturated heterocycles. The molecule has 1 fully saturated rings. The van der Waals surface area contributed by atoms with Gasteiger partial charge in [-0.2, -0.15) is 0 Å². The summed E-state index contributed by atoms with van der Waals surface area (Å²) in [6.45, 7) is 0.0304. The van der Waals surface area contributed by atoms with Gasteiger partial charge in [0.1, 0.15) is 17.7 Å². The number of anilines is 2. The van der Waals surface area contributed by atoms with E-state index in [0.717, 1.165) is 4.90 Å². The van der Waals surface area contributed by atoms with Crippen molar-refractivity contribution in [3.05, 3.63) is 96.1 Å². The molecule has 3 aromatic rings. The Balaban J connectivity index is 1.58. The van der Waals surface area contributed by atoms with Crippen LogP contribution in [0.5, 0.6) is 0 Å². The molecule has 0 unspecified atom stereocenters. The van der Waals surface area contributed by atoms with Gasteiger partial charge in [-0.15, -0.1) is 0 Å². The van der Waals surface area contributed by atoms with Gasteiger partial charge in [0.25, 0.3) is 5.91 Å². The fourth-order valence-electron chi connectivity index (χ4n) is 3.54. The Hall–Kier alpha value is -4.07. The maximum absolute atomic E-state index is 13.3. The number of hydrogen-bond donors (Lipinski definition) is 1. The van der Waals surface area contributed by atoms with E-state index in [9.17, 15) is 23.2 Å². The summed E-state index contributed by atoms with van der Waals surface area (Å²) in [5.41, 5.74) is 1.39. The van der Waals surface area contributed by atoms with E-state index in [-0.39, 0.29) is 13.0 Å². The topological polar surface area (TPSA) is 69.7 Å². The zero-order valence-electron chi connectivity index (χ0n) is 16.9. The predicted molar refractivity (Wildman–Crippen MR) is 115 cm³/mol. The number of benzene rings is 3. The van der Waals surface area contributed by atoms with Crippen molar-refractivity contribution in [2.75, 3.05) is 10.2 Å². The molecular formula is C24H19F2N3O3. The molecule has 1 aliphatic rings. The number of carbonyl (C=O) groups is 3. The molecule has 0 spiro atoms. The van der Waals surface area contributed by atoms with E-state index in [0.29, 0.717) is 16.9 Å². The zero-order valence-corrected chi connectivity index (χ0v) is 16.9. The summed E-state index contributed by atoms with van der Waals surface area (Å²) in [4.78, 5) is 41.3. The van der Waals surface area contributed by atoms with Gasteiger partial charge in [0.15, 0.2) is 0 Å². The van der Waals surface area contributed by atoms with Gasteiger partial charge in [-0.25, -0.2) is 18.5 Å². The highest BCUT2D eigenvalue weighted by Crippen LogP contribution is 2.28. The molecule has 162 valence electrons. The summed E-state index contributed by atoms with van der Waals surface area (Å²) >= 11 is 0. The molecule has 0 radical (unpaired) electrons. The lowest BCUT2D eigenvalue weighted by Gasteiger charge is -2.21. The summed E-state index contributed by atoms with van der Waals surface area (Å²) in [5.74, 6) is -1.89. The molecule has 8 heteroatoms. The lowest BCUT2D eigenvalue weighted by atomic mass is 10.1. The van der Waals surface area contributed by atoms with Crippen molar-refractivity contribution in [2.45, 2.75) is 19.0 Å². The first kappa shape index (κ1) is 21.2. The molecule has 3 aromatic carbocycles. The molecule has 1 atom stereocenters. The number of urea groups is 1. The summed E-state index contributed by atoms with van der Waals surface area (Å²) in [7, 11) is 0. The van der Waals surface area contributed by atoms with Gasteiger partial charge in [0.2, 0.25) is 5.91 Å². The smallest absolute Gasteiger partial charge is 0.326 e. The first-order chi connectivity index (χ1) is 15.4. The van der Waals surface area contributed by atoms with Crippen molar-refractivity contribution < 1.29 is 23.2 Å². The van der Waals surface area contributed by atoms with Crippen LogP contribution in [0, 0.1) is 11.6 Å². The Morgan fingerprint density at radius 1 is 0.844 bits per heavy atom. The second-order valence-corrected chi connectivity index (χ2v) is 7.32. The van der Waals surface area contributed by atoms with E-state index in [1.54, 1.807) is 30.3 Å². The average Bonchev–Trinajstić information content (AvgIpc) is 3.01. The number of amides is 4. The lowest BCUT2D eigenvalue weighted by molar-refractivity contribution is -0.124. The molecule has 1 heterocycles. The maximum Gasteiger partial charge on any atom is 0.332 e. The van der Waals surface area contributed by atoms with E-state index in [1.165, 1.54) is 53.4 Å². The minimum atomic E-state index is -1.05. The number of para-hydroxylation sites is 1. The van der Waals surface area contributed by atoms with E-state index in [4.69, 9.17) is 0 Å². The first-order valence-corrected chi connectivity index (χ1v) is 9.92. The molecule has 0 saturated carbocycles. The van der Waals surface area contributed by atoms with Crippen LogP contribution in [0.15, 0.2) is 78.9 Å². The third-order valence-corrected chi connectivity index (χ3v) is 5.11. The second-order valence-electron chi connectivity index (χ2n) is 7.32. The number of rotatable bonds is 6. The maximum atomic E-state index is 13.3. The van der Waals surface area contributed by atoms with E-state index < -0.39 is 35.5 Å². The van der Waals surface area contributed by atoms with Crippen molar-refractivity contribution in [2.24, 2.45) is 0 Å². The Morgan fingerprint density at radius 3 is 2.06 bits per heavy atom. The van der Waals surface area contributed by atoms with Crippen molar-refractivity contribution in [1.82, 2.24) is 4.90 Å². The number of nitrogens with one attached hydrogen (secondary N) is 1. The highest BCUT2D eigenvalue weighted by molar-refractivity contribution is 6.22. The van der Waals surface area contributed by atoms with Gasteiger partial charge in [-0.3, -0.25) is 9.59 Å². The van der Waals surface area contributed by atoms with Gasteiger partial charge in [-0.05, 0) is 54.1 Å². The van der Waals surface area contributed by atoms with Crippen LogP contribution in [0.1, 0.15) is 12.0 Å². The van der Waals surface area contributed by atoms with Crippen molar-refractivity contribution in [1.29, 1.82) is 0 Å². The molecule has 1 N–H and O–H groups in total. The minimum absolute atomic E-state index is 0.0304. The Labute approximate surface area is 183 Å². The Kier molecular flexibility index (Phi) is 5.93. The minimum Gasteiger partial charge on any atom is -0.326 e. The van der Waals surface area contributed by atoms with Crippen LogP contribution in [-0.4, -0.2) is 28.8 Å². The zero-order chi connectivity index (χ0) is 22.7. The first-order valence-electron chi connectivity index (χ1n) is 9.92. The number of imide groups is 1. The molecule has 0 aromatic heterocycles. The largest absolute Gasteiger partial charge is 0.332 e. The third kappa shape index (κ3) is 4.49. The van der Waals surface area contributed by atoms with Crippen LogP contribution in [0.2, 0.25) is 0 Å². The molecule has 32 heavy (non-hydrogen) atoms. The highest BCUT2D eigenvalue weighted by atomic mass is 19.1. The lowest BCUT2D eigenvalue weighted by Crippen LogP contribution is -2.37. The van der Waals surface area contributed by atoms with Crippen molar-refractivity contribution >= 4 is 29.2 Å². The van der Waals surface area contributed by atoms with Crippen molar-refractivity contribution in [3.63, 3.8) is 0 Å². The Morgan fingerprint density at radius 2 is 1.44 bits per heavy atom. The molecule has 1 aliphatic heterocycles. The van der Waals surface area contributed by atoms with Crippen LogP contribution in [0.25, 0.3) is 0 Å². The van der Waals surface area contributed by atoms with Gasteiger partial charge in [0.05, 0.1) is 12.1 Å². The van der Waals surface area contributed by atoms with Gasteiger partial charge in [0, 0.05) is 12.2 Å². The second kappa shape index (κ2) is 8.97. The standard InChI is InChI=1S/C24H19F2N3O3/c25-17-8-6-16(7-9-17)15-28-21(14-22(30)27-19-12-10-18(26)11-13-19)23(31)29(24(28)32)20-4-2-1-3-5-20/h1-13,21H,14-15H2,(H,27,30)/t21-/m1/s1. The molecule has 0 aliphatic carbocycles. The number of carbonyl (C=O) groups excluding carboxylic acids is 3. The van der Waals surface area contributed by atoms with E-state index in [1.807, 2.05) is 0 Å². The summed E-state index contributed by atoms with van der Waals surface area (Å²) in [6.07, 6.45) is -0.285. The van der Waals surface area contributed by atoms with Crippen LogP contribution < -0.4 is 10.2 Å². The molecule has 4 rings (SSSR count). The summed E-state index contributed by atoms with van der Waals surface area (Å²) in [6, 6.07) is 17.6. The number of hydrogen-bond acceptors (Lipinski definition) is 3. The average molecular weight is 435 g/mol. The monoisotopic (exact) mass is 435 g/mol. The molecule has 0 bridgehead atoms. The molecular weight excluding hydrogens is 416 g/mol. The number of halogens is 2. The van der Waals surface area contributed by atoms with Crippen LogP contribution in [-0.2, 0) is 16.1 Å². The van der Waals surface area contributed by atoms with Crippen LogP contribution in [0.4, 0.5) is 25.0 Å². The molecule has 6 nitrogen and oxygen atoms in total. The predicted octanol–water partition coefficient (Wildman–Crippen LogP) is 4.33. The van der Waals surface area contributed by atoms with Gasteiger partial charge >= 0.3 is 6.03 Å². The van der Waals surface area contributed by atoms with E-state index in [2.05, 4.69) is 5.32 Å².